The molecular weight excluding hydrogens is 536 g/mol. The number of nitrogens with one attached hydrogen (secondary N) is 2. The summed E-state index contributed by atoms with van der Waals surface area (Å²) in [7, 11) is -7.77. The van der Waals surface area contributed by atoms with Gasteiger partial charge in [-0.2, -0.15) is 0 Å². The number of halogens is 4. The SMILES string of the molecule is O=C(O)c1cccc(NS(=O)(=O)CCCF)c1F.O=C(O)c1cccc(NS(=O)(=O)CCCF)c1F. The van der Waals surface area contributed by atoms with Gasteiger partial charge < -0.3 is 10.2 Å². The molecule has 0 fully saturated rings. The van der Waals surface area contributed by atoms with Crippen molar-refractivity contribution in [1.29, 1.82) is 0 Å². The predicted octanol–water partition coefficient (Wildman–Crippen LogP) is 3.25. The zero-order valence-electron chi connectivity index (χ0n) is 18.4. The van der Waals surface area contributed by atoms with Gasteiger partial charge in [-0.15, -0.1) is 0 Å². The number of aromatic carboxylic acids is 2. The van der Waals surface area contributed by atoms with Gasteiger partial charge in [0.2, 0.25) is 20.0 Å². The van der Waals surface area contributed by atoms with E-state index in [1.807, 2.05) is 9.44 Å². The van der Waals surface area contributed by atoms with Crippen molar-refractivity contribution >= 4 is 43.4 Å². The van der Waals surface area contributed by atoms with E-state index in [4.69, 9.17) is 10.2 Å². The number of benzene rings is 2. The highest BCUT2D eigenvalue weighted by Crippen LogP contribution is 2.20. The average molecular weight is 559 g/mol. The van der Waals surface area contributed by atoms with Gasteiger partial charge in [0, 0.05) is 0 Å². The summed E-state index contributed by atoms with van der Waals surface area (Å²) < 4.78 is 100. The van der Waals surface area contributed by atoms with Gasteiger partial charge in [-0.05, 0) is 37.1 Å². The maximum Gasteiger partial charge on any atom is 0.338 e. The number of rotatable bonds is 12. The lowest BCUT2D eigenvalue weighted by Crippen LogP contribution is -2.18. The number of carboxylic acid groups (broad SMARTS) is 2. The average Bonchev–Trinajstić information content (AvgIpc) is 2.79. The minimum absolute atomic E-state index is 0.213. The molecule has 0 aromatic heterocycles. The molecule has 0 aliphatic carbocycles. The van der Waals surface area contributed by atoms with Crippen LogP contribution in [-0.4, -0.2) is 63.8 Å². The minimum atomic E-state index is -3.88. The first-order valence-corrected chi connectivity index (χ1v) is 13.2. The fourth-order valence-corrected chi connectivity index (χ4v) is 4.65. The lowest BCUT2D eigenvalue weighted by molar-refractivity contribution is 0.0681. The molecule has 2 rings (SSSR count). The van der Waals surface area contributed by atoms with E-state index in [1.165, 1.54) is 12.1 Å². The smallest absolute Gasteiger partial charge is 0.338 e. The molecule has 36 heavy (non-hydrogen) atoms. The van der Waals surface area contributed by atoms with E-state index in [2.05, 4.69) is 0 Å². The molecule has 0 saturated carbocycles. The van der Waals surface area contributed by atoms with Crippen LogP contribution in [-0.2, 0) is 20.0 Å². The van der Waals surface area contributed by atoms with Crippen molar-refractivity contribution in [3.63, 3.8) is 0 Å². The fourth-order valence-electron chi connectivity index (χ4n) is 2.48. The van der Waals surface area contributed by atoms with E-state index in [0.29, 0.717) is 0 Å². The van der Waals surface area contributed by atoms with Gasteiger partial charge in [-0.3, -0.25) is 18.2 Å². The monoisotopic (exact) mass is 558 g/mol. The molecule has 2 aromatic rings. The number of alkyl halides is 2. The molecule has 0 heterocycles. The van der Waals surface area contributed by atoms with Crippen LogP contribution in [0.5, 0.6) is 0 Å². The Balaban J connectivity index is 0.000000360. The second-order valence-electron chi connectivity index (χ2n) is 6.87. The summed E-state index contributed by atoms with van der Waals surface area (Å²) in [6.45, 7) is -1.61. The van der Waals surface area contributed by atoms with Gasteiger partial charge in [0.1, 0.15) is 0 Å². The third-order valence-electron chi connectivity index (χ3n) is 4.08. The molecule has 0 amide bonds. The lowest BCUT2D eigenvalue weighted by atomic mass is 10.2. The maximum absolute atomic E-state index is 13.6. The molecule has 200 valence electrons. The standard InChI is InChI=1S/2C10H11F2NO4S/c2*11-5-2-6-18(16,17)13-8-4-1-3-7(9(8)12)10(14)15/h2*1,3-4,13H,2,5-6H2,(H,14,15). The Bertz CT molecular complexity index is 1190. The van der Waals surface area contributed by atoms with E-state index < -0.39 is 91.0 Å². The number of hydrogen-bond acceptors (Lipinski definition) is 6. The summed E-state index contributed by atoms with van der Waals surface area (Å²) in [6.07, 6.45) is -0.425. The summed E-state index contributed by atoms with van der Waals surface area (Å²) >= 11 is 0. The van der Waals surface area contributed by atoms with Crippen molar-refractivity contribution in [2.75, 3.05) is 34.3 Å². The Morgan fingerprint density at radius 1 is 0.694 bits per heavy atom. The third kappa shape index (κ3) is 9.69. The van der Waals surface area contributed by atoms with Crippen LogP contribution in [0.1, 0.15) is 33.6 Å². The van der Waals surface area contributed by atoms with Crippen LogP contribution in [0.3, 0.4) is 0 Å². The number of anilines is 2. The number of hydrogen-bond donors (Lipinski definition) is 4. The van der Waals surface area contributed by atoms with Crippen LogP contribution in [0, 0.1) is 11.6 Å². The van der Waals surface area contributed by atoms with Crippen molar-refractivity contribution in [2.24, 2.45) is 0 Å². The molecule has 0 bridgehead atoms. The quantitative estimate of drug-likeness (QED) is 0.288. The first kappa shape index (κ1) is 30.6. The molecule has 2 aromatic carbocycles. The highest BCUT2D eigenvalue weighted by molar-refractivity contribution is 7.92. The molecule has 0 aliphatic heterocycles. The summed E-state index contributed by atoms with van der Waals surface area (Å²) in [6, 6.07) is 6.62. The van der Waals surface area contributed by atoms with Crippen molar-refractivity contribution in [3.05, 3.63) is 59.2 Å². The van der Waals surface area contributed by atoms with Crippen LogP contribution in [0.15, 0.2) is 36.4 Å². The van der Waals surface area contributed by atoms with Crippen LogP contribution >= 0.6 is 0 Å². The predicted molar refractivity (Wildman–Crippen MR) is 123 cm³/mol. The largest absolute Gasteiger partial charge is 0.478 e. The van der Waals surface area contributed by atoms with Gasteiger partial charge >= 0.3 is 11.9 Å². The van der Waals surface area contributed by atoms with Crippen LogP contribution < -0.4 is 9.44 Å². The number of carbonyl (C=O) groups is 2. The first-order chi connectivity index (χ1) is 16.7. The van der Waals surface area contributed by atoms with E-state index in [-0.39, 0.29) is 12.8 Å². The summed E-state index contributed by atoms with van der Waals surface area (Å²) in [5, 5.41) is 17.3. The van der Waals surface area contributed by atoms with Gasteiger partial charge in [-0.1, -0.05) is 12.1 Å². The maximum atomic E-state index is 13.6. The van der Waals surface area contributed by atoms with E-state index in [9.17, 15) is 44.0 Å². The lowest BCUT2D eigenvalue weighted by Gasteiger charge is -2.09. The van der Waals surface area contributed by atoms with Gasteiger partial charge in [0.05, 0.1) is 47.4 Å². The van der Waals surface area contributed by atoms with Gasteiger partial charge in [-0.25, -0.2) is 35.2 Å². The second-order valence-corrected chi connectivity index (χ2v) is 10.6. The van der Waals surface area contributed by atoms with Crippen molar-refractivity contribution in [2.45, 2.75) is 12.8 Å². The molecule has 0 spiro atoms. The fraction of sp³-hybridized carbons (Fsp3) is 0.300. The van der Waals surface area contributed by atoms with Crippen molar-refractivity contribution in [3.8, 4) is 0 Å². The first-order valence-electron chi connectivity index (χ1n) is 9.91. The Labute approximate surface area is 204 Å². The van der Waals surface area contributed by atoms with E-state index in [0.717, 1.165) is 24.3 Å². The third-order valence-corrected chi connectivity index (χ3v) is 6.80. The van der Waals surface area contributed by atoms with Crippen LogP contribution in [0.25, 0.3) is 0 Å². The molecule has 0 radical (unpaired) electrons. The molecule has 16 heteroatoms. The van der Waals surface area contributed by atoms with Crippen molar-refractivity contribution < 1.29 is 54.2 Å². The minimum Gasteiger partial charge on any atom is -0.478 e. The Hall–Kier alpha value is -3.40. The Morgan fingerprint density at radius 3 is 1.31 bits per heavy atom. The number of carboxylic acids is 2. The summed E-state index contributed by atoms with van der Waals surface area (Å²) in [5.41, 5.74) is -2.20. The highest BCUT2D eigenvalue weighted by Gasteiger charge is 2.19. The summed E-state index contributed by atoms with van der Waals surface area (Å²) in [4.78, 5) is 21.3. The topological polar surface area (TPSA) is 167 Å². The zero-order chi connectivity index (χ0) is 27.5. The number of sulfonamides is 2. The highest BCUT2D eigenvalue weighted by atomic mass is 32.2. The molecule has 0 saturated heterocycles. The Morgan fingerprint density at radius 2 is 1.03 bits per heavy atom. The summed E-state index contributed by atoms with van der Waals surface area (Å²) in [5.74, 6) is -6.35. The molecule has 10 nitrogen and oxygen atoms in total. The van der Waals surface area contributed by atoms with Crippen molar-refractivity contribution in [1.82, 2.24) is 0 Å². The molecule has 0 atom stereocenters. The van der Waals surface area contributed by atoms with Gasteiger partial charge in [0.25, 0.3) is 0 Å². The normalized spacial score (nSPS) is 11.2. The van der Waals surface area contributed by atoms with Crippen LogP contribution in [0.4, 0.5) is 28.9 Å². The zero-order valence-corrected chi connectivity index (χ0v) is 20.0. The molecule has 4 N–H and O–H groups in total. The molecule has 0 aliphatic rings. The van der Waals surface area contributed by atoms with E-state index >= 15 is 0 Å². The molecular formula is C20H22F4N2O8S2. The Kier molecular flexibility index (Phi) is 11.6. The van der Waals surface area contributed by atoms with Crippen LogP contribution in [0.2, 0.25) is 0 Å². The molecule has 0 unspecified atom stereocenters. The van der Waals surface area contributed by atoms with Gasteiger partial charge in [0.15, 0.2) is 11.6 Å². The van der Waals surface area contributed by atoms with E-state index in [1.54, 1.807) is 0 Å². The second kappa shape index (κ2) is 13.6.